The second kappa shape index (κ2) is 10.4. The van der Waals surface area contributed by atoms with Crippen molar-refractivity contribution in [3.8, 4) is 0 Å². The number of urea groups is 1. The Hall–Kier alpha value is -3.84. The lowest BCUT2D eigenvalue weighted by atomic mass is 10.2. The van der Waals surface area contributed by atoms with E-state index in [1.807, 2.05) is 18.2 Å². The summed E-state index contributed by atoms with van der Waals surface area (Å²) in [4.78, 5) is 42.9. The van der Waals surface area contributed by atoms with Crippen molar-refractivity contribution >= 4 is 40.8 Å². The van der Waals surface area contributed by atoms with E-state index < -0.39 is 0 Å². The summed E-state index contributed by atoms with van der Waals surface area (Å²) in [5, 5.41) is 3.46. The molecule has 1 heterocycles. The summed E-state index contributed by atoms with van der Waals surface area (Å²) in [5.41, 5.74) is 2.52. The number of amides is 4. The molecule has 8 heteroatoms. The highest BCUT2D eigenvalue weighted by Gasteiger charge is 2.25. The topological polar surface area (TPSA) is 73.0 Å². The van der Waals surface area contributed by atoms with E-state index >= 15 is 0 Å². The van der Waals surface area contributed by atoms with Gasteiger partial charge in [-0.1, -0.05) is 29.8 Å². The van der Waals surface area contributed by atoms with Gasteiger partial charge < -0.3 is 20.0 Å². The third kappa shape index (κ3) is 5.38. The van der Waals surface area contributed by atoms with Crippen molar-refractivity contribution in [1.82, 2.24) is 9.80 Å². The molecule has 0 aromatic heterocycles. The van der Waals surface area contributed by atoms with E-state index in [-0.39, 0.29) is 17.8 Å². The van der Waals surface area contributed by atoms with Gasteiger partial charge >= 0.3 is 6.03 Å². The van der Waals surface area contributed by atoms with Crippen molar-refractivity contribution in [2.75, 3.05) is 43.4 Å². The van der Waals surface area contributed by atoms with Gasteiger partial charge in [-0.25, -0.2) is 4.79 Å². The molecule has 0 spiro atoms. The second-order valence-corrected chi connectivity index (χ2v) is 8.43. The summed E-state index contributed by atoms with van der Waals surface area (Å²) in [6.45, 7) is 1.89. The number of nitrogens with zero attached hydrogens (tertiary/aromatic N) is 3. The van der Waals surface area contributed by atoms with Crippen LogP contribution in [-0.2, 0) is 0 Å². The quantitative estimate of drug-likeness (QED) is 0.597. The van der Waals surface area contributed by atoms with Gasteiger partial charge in [-0.15, -0.1) is 0 Å². The highest BCUT2D eigenvalue weighted by Crippen LogP contribution is 2.20. The van der Waals surface area contributed by atoms with Gasteiger partial charge in [0.25, 0.3) is 11.8 Å². The maximum absolute atomic E-state index is 12.7. The second-order valence-electron chi connectivity index (χ2n) is 7.99. The zero-order valence-electron chi connectivity index (χ0n) is 18.8. The normalized spacial score (nSPS) is 13.4. The number of halogens is 1. The lowest BCUT2D eigenvalue weighted by Gasteiger charge is -2.34. The molecule has 1 aliphatic rings. The van der Waals surface area contributed by atoms with Crippen LogP contribution >= 0.6 is 11.6 Å². The Morgan fingerprint density at radius 1 is 0.765 bits per heavy atom. The molecule has 3 aromatic rings. The third-order valence-electron chi connectivity index (χ3n) is 5.78. The van der Waals surface area contributed by atoms with Crippen LogP contribution < -0.4 is 10.2 Å². The van der Waals surface area contributed by atoms with E-state index in [0.29, 0.717) is 53.7 Å². The summed E-state index contributed by atoms with van der Waals surface area (Å²) in [6, 6.07) is 22.7. The predicted octanol–water partition coefficient (Wildman–Crippen LogP) is 4.61. The lowest BCUT2D eigenvalue weighted by molar-refractivity contribution is 0.0671. The van der Waals surface area contributed by atoms with Gasteiger partial charge in [0.05, 0.1) is 0 Å². The van der Waals surface area contributed by atoms with Crippen LogP contribution in [0.25, 0.3) is 0 Å². The average Bonchev–Trinajstić information content (AvgIpc) is 2.89. The Balaban J connectivity index is 1.30. The Morgan fingerprint density at radius 3 is 1.97 bits per heavy atom. The molecule has 1 saturated heterocycles. The number of carbonyl (C=O) groups excluding carboxylic acids is 3. The fourth-order valence-corrected chi connectivity index (χ4v) is 3.88. The van der Waals surface area contributed by atoms with E-state index in [9.17, 15) is 14.4 Å². The zero-order chi connectivity index (χ0) is 24.1. The molecule has 1 aliphatic heterocycles. The van der Waals surface area contributed by atoms with Crippen molar-refractivity contribution in [2.45, 2.75) is 0 Å². The van der Waals surface area contributed by atoms with E-state index in [2.05, 4.69) is 5.32 Å². The van der Waals surface area contributed by atoms with Crippen LogP contribution in [-0.4, -0.2) is 60.9 Å². The van der Waals surface area contributed by atoms with Crippen LogP contribution in [0.2, 0.25) is 5.02 Å². The summed E-state index contributed by atoms with van der Waals surface area (Å²) >= 11 is 5.89. The van der Waals surface area contributed by atoms with Gasteiger partial charge in [-0.05, 0) is 60.7 Å². The van der Waals surface area contributed by atoms with Gasteiger partial charge in [0.2, 0.25) is 0 Å². The first-order chi connectivity index (χ1) is 16.4. The maximum Gasteiger partial charge on any atom is 0.321 e. The molecule has 174 valence electrons. The number of rotatable bonds is 4. The van der Waals surface area contributed by atoms with Crippen LogP contribution in [0.4, 0.5) is 16.2 Å². The zero-order valence-corrected chi connectivity index (χ0v) is 19.5. The van der Waals surface area contributed by atoms with E-state index in [4.69, 9.17) is 11.6 Å². The number of anilines is 2. The molecule has 0 saturated carbocycles. The minimum atomic E-state index is -0.217. The van der Waals surface area contributed by atoms with Gasteiger partial charge in [-0.2, -0.15) is 0 Å². The SMILES string of the molecule is CN(C(=O)c1ccc(Cl)cc1)c1ccc(NC(=O)N2CCN(C(=O)c3ccccc3)CC2)cc1. The Kier molecular flexibility index (Phi) is 7.13. The Morgan fingerprint density at radius 2 is 1.35 bits per heavy atom. The molecule has 4 amide bonds. The Bertz CT molecular complexity index is 1160. The van der Waals surface area contributed by atoms with Crippen molar-refractivity contribution in [2.24, 2.45) is 0 Å². The average molecular weight is 477 g/mol. The molecule has 7 nitrogen and oxygen atoms in total. The van der Waals surface area contributed by atoms with Crippen molar-refractivity contribution in [3.05, 3.63) is 95.0 Å². The van der Waals surface area contributed by atoms with Gasteiger partial charge in [-0.3, -0.25) is 9.59 Å². The molecule has 0 aliphatic carbocycles. The lowest BCUT2D eigenvalue weighted by Crippen LogP contribution is -2.51. The van der Waals surface area contributed by atoms with Crippen LogP contribution in [0.1, 0.15) is 20.7 Å². The van der Waals surface area contributed by atoms with Gasteiger partial charge in [0, 0.05) is 60.8 Å². The number of piperazine rings is 1. The first-order valence-corrected chi connectivity index (χ1v) is 11.3. The molecule has 34 heavy (non-hydrogen) atoms. The molecule has 0 unspecified atom stereocenters. The monoisotopic (exact) mass is 476 g/mol. The van der Waals surface area contributed by atoms with Crippen molar-refractivity contribution in [3.63, 3.8) is 0 Å². The standard InChI is InChI=1S/C26H25ClN4O3/c1-29(24(32)20-7-9-21(27)10-8-20)23-13-11-22(12-14-23)28-26(34)31-17-15-30(16-18-31)25(33)19-5-3-2-4-6-19/h2-14H,15-18H2,1H3,(H,28,34). The maximum atomic E-state index is 12.7. The van der Waals surface area contributed by atoms with Gasteiger partial charge in [0.1, 0.15) is 0 Å². The minimum Gasteiger partial charge on any atom is -0.335 e. The molecule has 4 rings (SSSR count). The summed E-state index contributed by atoms with van der Waals surface area (Å²) in [6.07, 6.45) is 0. The molecule has 0 atom stereocenters. The van der Waals surface area contributed by atoms with Crippen LogP contribution in [0.3, 0.4) is 0 Å². The highest BCUT2D eigenvalue weighted by atomic mass is 35.5. The first-order valence-electron chi connectivity index (χ1n) is 11.0. The fraction of sp³-hybridized carbons (Fsp3) is 0.192. The van der Waals surface area contributed by atoms with Crippen molar-refractivity contribution < 1.29 is 14.4 Å². The molecule has 1 fully saturated rings. The fourth-order valence-electron chi connectivity index (χ4n) is 3.75. The smallest absolute Gasteiger partial charge is 0.321 e. The minimum absolute atomic E-state index is 0.0199. The summed E-state index contributed by atoms with van der Waals surface area (Å²) in [5.74, 6) is -0.176. The van der Waals surface area contributed by atoms with Crippen molar-refractivity contribution in [1.29, 1.82) is 0 Å². The Labute approximate surface area is 203 Å². The third-order valence-corrected chi connectivity index (χ3v) is 6.03. The number of hydrogen-bond donors (Lipinski definition) is 1. The number of nitrogens with one attached hydrogen (secondary N) is 1. The summed E-state index contributed by atoms with van der Waals surface area (Å²) in [7, 11) is 1.70. The molecular weight excluding hydrogens is 452 g/mol. The van der Waals surface area contributed by atoms with E-state index in [1.54, 1.807) is 77.5 Å². The number of hydrogen-bond acceptors (Lipinski definition) is 3. The van der Waals surface area contributed by atoms with E-state index in [0.717, 1.165) is 0 Å². The molecular formula is C26H25ClN4O3. The highest BCUT2D eigenvalue weighted by molar-refractivity contribution is 6.30. The molecule has 0 bridgehead atoms. The number of benzene rings is 3. The van der Waals surface area contributed by atoms with Crippen LogP contribution in [0.5, 0.6) is 0 Å². The van der Waals surface area contributed by atoms with Crippen LogP contribution in [0.15, 0.2) is 78.9 Å². The number of carbonyl (C=O) groups is 3. The molecule has 0 radical (unpaired) electrons. The summed E-state index contributed by atoms with van der Waals surface area (Å²) < 4.78 is 0. The molecule has 3 aromatic carbocycles. The van der Waals surface area contributed by atoms with Gasteiger partial charge in [0.15, 0.2) is 0 Å². The predicted molar refractivity (Wildman–Crippen MR) is 134 cm³/mol. The molecule has 1 N–H and O–H groups in total. The van der Waals surface area contributed by atoms with E-state index in [1.165, 1.54) is 4.90 Å². The largest absolute Gasteiger partial charge is 0.335 e. The first kappa shape index (κ1) is 23.3. The van der Waals surface area contributed by atoms with Crippen LogP contribution in [0, 0.1) is 0 Å².